The van der Waals surface area contributed by atoms with Gasteiger partial charge in [0.05, 0.1) is 0 Å². The van der Waals surface area contributed by atoms with Crippen LogP contribution < -0.4 is 0 Å². The molecule has 0 fully saturated rings. The zero-order chi connectivity index (χ0) is 19.0. The highest BCUT2D eigenvalue weighted by molar-refractivity contribution is 4.69. The van der Waals surface area contributed by atoms with Crippen LogP contribution >= 0.6 is 0 Å². The number of allylic oxidation sites excluding steroid dienone is 2. The summed E-state index contributed by atoms with van der Waals surface area (Å²) in [5, 5.41) is 0. The largest absolute Gasteiger partial charge is 0.103 e. The van der Waals surface area contributed by atoms with Crippen molar-refractivity contribution in [3.63, 3.8) is 0 Å². The lowest BCUT2D eigenvalue weighted by atomic mass is 10.0. The summed E-state index contributed by atoms with van der Waals surface area (Å²) in [7, 11) is 0. The number of hydrogen-bond acceptors (Lipinski definition) is 0. The Labute approximate surface area is 161 Å². The highest BCUT2D eigenvalue weighted by atomic mass is 14.0. The van der Waals surface area contributed by atoms with E-state index in [9.17, 15) is 0 Å². The van der Waals surface area contributed by atoms with Crippen LogP contribution in [0.15, 0.2) is 25.3 Å². The van der Waals surface area contributed by atoms with Crippen molar-refractivity contribution in [1.82, 2.24) is 0 Å². The molecular weight excluding hydrogens is 300 g/mol. The van der Waals surface area contributed by atoms with E-state index in [1.165, 1.54) is 109 Å². The van der Waals surface area contributed by atoms with Gasteiger partial charge in [0.1, 0.15) is 0 Å². The summed E-state index contributed by atoms with van der Waals surface area (Å²) in [5.74, 6) is 0.648. The molecule has 25 heavy (non-hydrogen) atoms. The summed E-state index contributed by atoms with van der Waals surface area (Å²) >= 11 is 0. The van der Waals surface area contributed by atoms with E-state index in [2.05, 4.69) is 33.9 Å². The number of rotatable bonds is 18. The SMILES string of the molecule is C=CC(C)C.C=CCCCCCCCCCCCCCCCCCC. The third-order valence-corrected chi connectivity index (χ3v) is 4.73. The molecule has 0 saturated heterocycles. The van der Waals surface area contributed by atoms with E-state index in [1.54, 1.807) is 0 Å². The fourth-order valence-electron chi connectivity index (χ4n) is 2.84. The van der Waals surface area contributed by atoms with E-state index in [-0.39, 0.29) is 0 Å². The molecule has 0 aromatic rings. The molecule has 0 saturated carbocycles. The van der Waals surface area contributed by atoms with Gasteiger partial charge in [0.25, 0.3) is 0 Å². The molecule has 0 amide bonds. The molecule has 0 nitrogen and oxygen atoms in total. The van der Waals surface area contributed by atoms with Crippen LogP contribution in [0.4, 0.5) is 0 Å². The summed E-state index contributed by atoms with van der Waals surface area (Å²) in [6.45, 7) is 13.8. The Morgan fingerprint density at radius 1 is 0.560 bits per heavy atom. The van der Waals surface area contributed by atoms with Gasteiger partial charge in [-0.2, -0.15) is 0 Å². The zero-order valence-electron chi connectivity index (χ0n) is 18.2. The van der Waals surface area contributed by atoms with Crippen LogP contribution in [0.2, 0.25) is 0 Å². The van der Waals surface area contributed by atoms with Crippen molar-refractivity contribution in [3.8, 4) is 0 Å². The molecule has 0 aromatic carbocycles. The number of unbranched alkanes of at least 4 members (excludes halogenated alkanes) is 16. The molecule has 0 heterocycles. The van der Waals surface area contributed by atoms with Gasteiger partial charge in [0.2, 0.25) is 0 Å². The summed E-state index contributed by atoms with van der Waals surface area (Å²) in [6, 6.07) is 0. The molecule has 0 aromatic heterocycles. The predicted octanol–water partition coefficient (Wildman–Crippen LogP) is 9.65. The molecule has 0 radical (unpaired) electrons. The summed E-state index contributed by atoms with van der Waals surface area (Å²) in [6.07, 6.45) is 28.4. The maximum absolute atomic E-state index is 3.77. The molecule has 0 unspecified atom stereocenters. The summed E-state index contributed by atoms with van der Waals surface area (Å²) in [4.78, 5) is 0. The predicted molar refractivity (Wildman–Crippen MR) is 119 cm³/mol. The van der Waals surface area contributed by atoms with E-state index in [1.807, 2.05) is 12.2 Å². The van der Waals surface area contributed by atoms with Crippen molar-refractivity contribution >= 4 is 0 Å². The average Bonchev–Trinajstić information content (AvgIpc) is 2.62. The molecule has 0 rings (SSSR count). The van der Waals surface area contributed by atoms with Crippen LogP contribution in [0.5, 0.6) is 0 Å². The zero-order valence-corrected chi connectivity index (χ0v) is 18.2. The van der Waals surface area contributed by atoms with Crippen molar-refractivity contribution in [2.45, 2.75) is 130 Å². The lowest BCUT2D eigenvalue weighted by Gasteiger charge is -2.03. The highest BCUT2D eigenvalue weighted by Gasteiger charge is 1.94. The maximum Gasteiger partial charge on any atom is -0.0293 e. The van der Waals surface area contributed by atoms with E-state index in [4.69, 9.17) is 0 Å². The summed E-state index contributed by atoms with van der Waals surface area (Å²) < 4.78 is 0. The van der Waals surface area contributed by atoms with E-state index < -0.39 is 0 Å². The first-order valence-corrected chi connectivity index (χ1v) is 11.4. The topological polar surface area (TPSA) is 0 Å². The van der Waals surface area contributed by atoms with Gasteiger partial charge in [-0.25, -0.2) is 0 Å². The third-order valence-electron chi connectivity index (χ3n) is 4.73. The van der Waals surface area contributed by atoms with E-state index in [0.717, 1.165) is 0 Å². The second-order valence-corrected chi connectivity index (χ2v) is 7.86. The second kappa shape index (κ2) is 25.7. The minimum absolute atomic E-state index is 0.648. The molecule has 0 heteroatoms. The van der Waals surface area contributed by atoms with Gasteiger partial charge in [0, 0.05) is 0 Å². The fraction of sp³-hybridized carbons (Fsp3) is 0.840. The number of hydrogen-bond donors (Lipinski definition) is 0. The fourth-order valence-corrected chi connectivity index (χ4v) is 2.84. The van der Waals surface area contributed by atoms with Crippen LogP contribution in [0.3, 0.4) is 0 Å². The van der Waals surface area contributed by atoms with Crippen molar-refractivity contribution in [3.05, 3.63) is 25.3 Å². The lowest BCUT2D eigenvalue weighted by molar-refractivity contribution is 0.530. The van der Waals surface area contributed by atoms with Crippen molar-refractivity contribution in [2.24, 2.45) is 5.92 Å². The van der Waals surface area contributed by atoms with Crippen molar-refractivity contribution in [1.29, 1.82) is 0 Å². The summed E-state index contributed by atoms with van der Waals surface area (Å²) in [5.41, 5.74) is 0. The van der Waals surface area contributed by atoms with Crippen LogP contribution in [0, 0.1) is 5.92 Å². The van der Waals surface area contributed by atoms with E-state index >= 15 is 0 Å². The van der Waals surface area contributed by atoms with Crippen molar-refractivity contribution < 1.29 is 0 Å². The minimum atomic E-state index is 0.648. The van der Waals surface area contributed by atoms with Crippen molar-refractivity contribution in [2.75, 3.05) is 0 Å². The first-order chi connectivity index (χ1) is 12.2. The van der Waals surface area contributed by atoms with Crippen LogP contribution in [-0.4, -0.2) is 0 Å². The maximum atomic E-state index is 3.77. The Morgan fingerprint density at radius 3 is 1.08 bits per heavy atom. The molecule has 0 aliphatic rings. The Bertz CT molecular complexity index is 238. The van der Waals surface area contributed by atoms with Gasteiger partial charge >= 0.3 is 0 Å². The third kappa shape index (κ3) is 31.7. The van der Waals surface area contributed by atoms with Gasteiger partial charge < -0.3 is 0 Å². The first-order valence-electron chi connectivity index (χ1n) is 11.4. The van der Waals surface area contributed by atoms with Gasteiger partial charge in [-0.1, -0.05) is 129 Å². The molecule has 0 bridgehead atoms. The quantitative estimate of drug-likeness (QED) is 0.170. The second-order valence-electron chi connectivity index (χ2n) is 7.86. The standard InChI is InChI=1S/C20H40.C5H10/c1-3-5-7-9-11-13-15-17-19-20-18-16-14-12-10-8-6-4-2;1-4-5(2)3/h3H,1,4-20H2,2H3;4-5H,1H2,2-3H3. The Balaban J connectivity index is 0. The normalized spacial score (nSPS) is 10.4. The Morgan fingerprint density at radius 2 is 0.840 bits per heavy atom. The minimum Gasteiger partial charge on any atom is -0.103 e. The van der Waals surface area contributed by atoms with Gasteiger partial charge in [0.15, 0.2) is 0 Å². The van der Waals surface area contributed by atoms with Gasteiger partial charge in [-0.3, -0.25) is 0 Å². The Kier molecular flexibility index (Phi) is 27.5. The highest BCUT2D eigenvalue weighted by Crippen LogP contribution is 2.13. The Hall–Kier alpha value is -0.520. The lowest BCUT2D eigenvalue weighted by Crippen LogP contribution is -1.83. The van der Waals surface area contributed by atoms with Crippen LogP contribution in [-0.2, 0) is 0 Å². The van der Waals surface area contributed by atoms with E-state index in [0.29, 0.717) is 5.92 Å². The smallest absolute Gasteiger partial charge is 0.0293 e. The molecule has 0 spiro atoms. The van der Waals surface area contributed by atoms with Crippen LogP contribution in [0.25, 0.3) is 0 Å². The molecule has 0 aliphatic carbocycles. The van der Waals surface area contributed by atoms with Gasteiger partial charge in [-0.05, 0) is 18.8 Å². The monoisotopic (exact) mass is 350 g/mol. The molecule has 0 N–H and O–H groups in total. The van der Waals surface area contributed by atoms with Gasteiger partial charge in [-0.15, -0.1) is 13.2 Å². The molecule has 0 atom stereocenters. The molecule has 150 valence electrons. The molecular formula is C25H50. The van der Waals surface area contributed by atoms with Crippen LogP contribution in [0.1, 0.15) is 130 Å². The molecule has 0 aliphatic heterocycles. The first kappa shape index (κ1) is 26.7. The average molecular weight is 351 g/mol.